The maximum absolute atomic E-state index is 11.7. The number of esters is 2. The lowest BCUT2D eigenvalue weighted by molar-refractivity contribution is -0.140. The van der Waals surface area contributed by atoms with Gasteiger partial charge in [-0.3, -0.25) is 9.59 Å². The van der Waals surface area contributed by atoms with Crippen molar-refractivity contribution in [2.24, 2.45) is 10.8 Å². The van der Waals surface area contributed by atoms with E-state index in [2.05, 4.69) is 298 Å². The Morgan fingerprint density at radius 2 is 0.800 bits per heavy atom. The number of halogens is 1. The molecular formula is C88H132BBrO8Si2. The number of carbonyl (C=O) groups excluding carboxylic acids is 2. The Balaban J connectivity index is 0.000000309. The van der Waals surface area contributed by atoms with Crippen molar-refractivity contribution in [3.8, 4) is 11.1 Å². The van der Waals surface area contributed by atoms with E-state index in [4.69, 9.17) is 22.9 Å². The fourth-order valence-electron chi connectivity index (χ4n) is 13.4. The van der Waals surface area contributed by atoms with Crippen LogP contribution in [0.25, 0.3) is 11.1 Å². The molecule has 6 aromatic rings. The molecule has 0 N–H and O–H groups in total. The quantitative estimate of drug-likeness (QED) is 0.0437. The van der Waals surface area contributed by atoms with E-state index in [1.165, 1.54) is 75.4 Å². The third-order valence-corrected chi connectivity index (χ3v) is 32.9. The van der Waals surface area contributed by atoms with Crippen molar-refractivity contribution < 1.29 is 37.2 Å². The zero-order valence-corrected chi connectivity index (χ0v) is 71.6. The summed E-state index contributed by atoms with van der Waals surface area (Å²) in [5, 5.41) is 0.406. The fraction of sp³-hybridized carbons (Fsp3) is 0.568. The molecule has 1 aliphatic heterocycles. The van der Waals surface area contributed by atoms with Crippen LogP contribution in [0, 0.1) is 38.5 Å². The maximum Gasteiger partial charge on any atom is 0.495 e. The number of carbonyl (C=O) groups is 2. The Labute approximate surface area is 619 Å². The SMILES string of the molecule is CCC(CC)(c1ccc(CCC(O[Si](C)(C)C(C)(C)C)C(C)(C)C)c(C)c1)c1ccc(-c2ccc(CC(=O)OC)cc2)c(C)c1.CCC(CC)(c1ccc(CCC(O[Si](C)(C)C(C)(C)C)C(C)(C)C)c(C)c1)c1ccc(B2OC(C)(C)C(C)(C)O2)c(C)c1.COC(=O)Cc1ccc(Br)cc1. The number of hydrogen-bond donors (Lipinski definition) is 0. The number of hydrogen-bond acceptors (Lipinski definition) is 8. The summed E-state index contributed by atoms with van der Waals surface area (Å²) in [6.45, 7) is 64.2. The normalized spacial score (nSPS) is 15.1. The van der Waals surface area contributed by atoms with Crippen LogP contribution in [0.4, 0.5) is 0 Å². The van der Waals surface area contributed by atoms with Crippen molar-refractivity contribution in [1.82, 2.24) is 0 Å². The van der Waals surface area contributed by atoms with Gasteiger partial charge < -0.3 is 27.6 Å². The van der Waals surface area contributed by atoms with E-state index in [0.717, 1.165) is 78.0 Å². The Morgan fingerprint density at radius 3 is 1.11 bits per heavy atom. The summed E-state index contributed by atoms with van der Waals surface area (Å²) in [5.41, 5.74) is 18.5. The van der Waals surface area contributed by atoms with E-state index in [1.54, 1.807) is 0 Å². The number of methoxy groups -OCH3 is 2. The molecule has 0 aliphatic carbocycles. The van der Waals surface area contributed by atoms with E-state index in [1.807, 2.05) is 36.4 Å². The standard InChI is InChI=1S/C41H60O3Si.C38H63BO3Si.C9H9BrO2/c1-14-41(15-2,35-23-24-36(30(4)27-35)33-18-16-31(17-19-33)28-38(42)43-11)34-22-20-32(29(3)26-34)21-25-37(39(5,6)7)44-45(12,13)40(8,9)10;1-17-38(18-2,31-22-23-32(28(4)26-31)39-41-36(11,12)37(13,14)42-39)30-21-19-29(27(3)25-30)20-24-33(34(5,6)7)40-43(15,16)35(8,9)10;1-12-9(11)6-7-2-4-8(10)5-3-7/h16-20,22-24,26-27,37H,14-15,21,25,28H2,1-13H3;19,21-23,25-26,33H,17-18,20,24H2,1-16H3;2-5H,6H2,1H3. The second-order valence-corrected chi connectivity index (χ2v) is 45.4. The summed E-state index contributed by atoms with van der Waals surface area (Å²) >= 11 is 3.31. The van der Waals surface area contributed by atoms with E-state index >= 15 is 0 Å². The molecule has 0 spiro atoms. The molecule has 1 fully saturated rings. The summed E-state index contributed by atoms with van der Waals surface area (Å²) < 4.78 is 37.2. The van der Waals surface area contributed by atoms with Crippen LogP contribution in [-0.4, -0.2) is 73.3 Å². The van der Waals surface area contributed by atoms with E-state index in [-0.39, 0.29) is 74.2 Å². The van der Waals surface area contributed by atoms with Gasteiger partial charge in [0.1, 0.15) is 0 Å². The van der Waals surface area contributed by atoms with Crippen molar-refractivity contribution in [3.05, 3.63) is 193 Å². The number of benzene rings is 6. The number of aryl methyl sites for hydroxylation is 6. The molecule has 100 heavy (non-hydrogen) atoms. The molecule has 0 saturated carbocycles. The first-order chi connectivity index (χ1) is 46.1. The van der Waals surface area contributed by atoms with Crippen LogP contribution in [-0.2, 0) is 73.7 Å². The molecule has 7 rings (SSSR count). The van der Waals surface area contributed by atoms with Gasteiger partial charge in [-0.05, 0) is 244 Å². The molecule has 8 nitrogen and oxygen atoms in total. The zero-order chi connectivity index (χ0) is 75.6. The Kier molecular flexibility index (Phi) is 29.4. The summed E-state index contributed by atoms with van der Waals surface area (Å²) in [5.74, 6) is -0.427. The molecule has 550 valence electrons. The minimum atomic E-state index is -1.87. The molecule has 12 heteroatoms. The highest BCUT2D eigenvalue weighted by atomic mass is 79.9. The lowest BCUT2D eigenvalue weighted by atomic mass is 9.67. The molecule has 6 aromatic carbocycles. The largest absolute Gasteiger partial charge is 0.495 e. The molecule has 0 aromatic heterocycles. The highest BCUT2D eigenvalue weighted by molar-refractivity contribution is 9.10. The summed E-state index contributed by atoms with van der Waals surface area (Å²) in [4.78, 5) is 22.5. The van der Waals surface area contributed by atoms with Crippen molar-refractivity contribution >= 4 is 57.1 Å². The van der Waals surface area contributed by atoms with Crippen LogP contribution < -0.4 is 5.46 Å². The zero-order valence-electron chi connectivity index (χ0n) is 68.0. The molecule has 2 unspecified atom stereocenters. The maximum atomic E-state index is 11.7. The molecule has 0 radical (unpaired) electrons. The number of rotatable bonds is 24. The molecule has 1 saturated heterocycles. The Hall–Kier alpha value is -4.92. The average molecular weight is 1460 g/mol. The second-order valence-electron chi connectivity index (χ2n) is 34.9. The molecule has 1 aliphatic rings. The lowest BCUT2D eigenvalue weighted by Crippen LogP contribution is -2.47. The average Bonchev–Trinajstić information content (AvgIpc) is 1.36. The smallest absolute Gasteiger partial charge is 0.469 e. The molecule has 0 bridgehead atoms. The van der Waals surface area contributed by atoms with Crippen LogP contribution in [0.2, 0.25) is 36.3 Å². The Bertz CT molecular complexity index is 3630. The highest BCUT2D eigenvalue weighted by Gasteiger charge is 2.52. The topological polar surface area (TPSA) is 89.5 Å². The van der Waals surface area contributed by atoms with Gasteiger partial charge in [-0.1, -0.05) is 241 Å². The molecule has 0 amide bonds. The van der Waals surface area contributed by atoms with Crippen LogP contribution >= 0.6 is 15.9 Å². The van der Waals surface area contributed by atoms with Gasteiger partial charge in [0.2, 0.25) is 0 Å². The van der Waals surface area contributed by atoms with Gasteiger partial charge in [0.05, 0.1) is 50.5 Å². The molecule has 1 heterocycles. The van der Waals surface area contributed by atoms with Crippen molar-refractivity contribution in [2.75, 3.05) is 14.2 Å². The van der Waals surface area contributed by atoms with Crippen LogP contribution in [0.3, 0.4) is 0 Å². The van der Waals surface area contributed by atoms with Crippen molar-refractivity contribution in [1.29, 1.82) is 0 Å². The molecular weight excluding hydrogens is 1330 g/mol. The van der Waals surface area contributed by atoms with Gasteiger partial charge in [-0.2, -0.15) is 0 Å². The summed E-state index contributed by atoms with van der Waals surface area (Å²) in [7, 11) is -1.24. The number of ether oxygens (including phenoxy) is 2. The first kappa shape index (κ1) is 85.7. The van der Waals surface area contributed by atoms with E-state index in [0.29, 0.717) is 12.8 Å². The lowest BCUT2D eigenvalue weighted by Gasteiger charge is -2.43. The van der Waals surface area contributed by atoms with Crippen LogP contribution in [0.15, 0.2) is 126 Å². The predicted octanol–water partition coefficient (Wildman–Crippen LogP) is 23.4. The Morgan fingerprint density at radius 1 is 0.470 bits per heavy atom. The van der Waals surface area contributed by atoms with Gasteiger partial charge in [0.25, 0.3) is 0 Å². The monoisotopic (exact) mass is 1460 g/mol. The molecule has 2 atom stereocenters. The van der Waals surface area contributed by atoms with Crippen molar-refractivity contribution in [3.63, 3.8) is 0 Å². The van der Waals surface area contributed by atoms with Crippen LogP contribution in [0.1, 0.15) is 244 Å². The van der Waals surface area contributed by atoms with E-state index in [9.17, 15) is 9.59 Å². The fourth-order valence-corrected chi connectivity index (χ4v) is 16.7. The van der Waals surface area contributed by atoms with E-state index < -0.39 is 16.6 Å². The third kappa shape index (κ3) is 21.4. The van der Waals surface area contributed by atoms with Crippen LogP contribution in [0.5, 0.6) is 0 Å². The van der Waals surface area contributed by atoms with Gasteiger partial charge in [-0.15, -0.1) is 0 Å². The van der Waals surface area contributed by atoms with Crippen molar-refractivity contribution in [2.45, 2.75) is 301 Å². The minimum Gasteiger partial charge on any atom is -0.469 e. The first-order valence-corrected chi connectivity index (χ1v) is 43.8. The van der Waals surface area contributed by atoms with Gasteiger partial charge in [-0.25, -0.2) is 0 Å². The first-order valence-electron chi connectivity index (χ1n) is 37.2. The second kappa shape index (κ2) is 34.3. The highest BCUT2D eigenvalue weighted by Crippen LogP contribution is 2.46. The van der Waals surface area contributed by atoms with Gasteiger partial charge >= 0.3 is 19.1 Å². The summed E-state index contributed by atoms with van der Waals surface area (Å²) in [6.07, 6.45) is 9.41. The predicted molar refractivity (Wildman–Crippen MR) is 434 cm³/mol. The minimum absolute atomic E-state index is 0.0398. The van der Waals surface area contributed by atoms with Gasteiger partial charge in [0, 0.05) is 15.3 Å². The summed E-state index contributed by atoms with van der Waals surface area (Å²) in [6, 6.07) is 44.2. The third-order valence-electron chi connectivity index (χ3n) is 23.4. The van der Waals surface area contributed by atoms with Gasteiger partial charge in [0.15, 0.2) is 16.6 Å².